The highest BCUT2D eigenvalue weighted by molar-refractivity contribution is 7.14. The number of benzene rings is 3. The number of anilines is 1. The highest BCUT2D eigenvalue weighted by atomic mass is 35.5. The molecule has 115 heavy (non-hydrogen) atoms. The fourth-order valence-corrected chi connectivity index (χ4v) is 12.2. The average molecular weight is 1600 g/mol. The van der Waals surface area contributed by atoms with Crippen molar-refractivity contribution >= 4 is 57.6 Å². The Morgan fingerprint density at radius 3 is 1.50 bits per heavy atom. The number of aromatic nitrogens is 10. The molecule has 1 amide bonds. The Morgan fingerprint density at radius 1 is 0.487 bits per heavy atom. The molecule has 4 N–H and O–H groups in total. The maximum Gasteiger partial charge on any atom is 0.258 e. The molecular weight excluding hydrogens is 1460 g/mol. The molecule has 1 aliphatic carbocycles. The van der Waals surface area contributed by atoms with Crippen molar-refractivity contribution in [2.24, 2.45) is 30.7 Å². The lowest BCUT2D eigenvalue weighted by Gasteiger charge is -2.09. The Bertz CT molecular complexity index is 4550. The third-order valence-electron chi connectivity index (χ3n) is 18.9. The molecule has 14 rings (SSSR count). The molecule has 0 unspecified atom stereocenters. The number of para-hydroxylation sites is 1. The number of aliphatic imine (C=N–C) groups is 1. The van der Waals surface area contributed by atoms with Gasteiger partial charge >= 0.3 is 0 Å². The molecule has 0 radical (unpaired) electrons. The number of pyridine rings is 4. The van der Waals surface area contributed by atoms with Crippen LogP contribution in [0.1, 0.15) is 305 Å². The standard InChI is InChI=1S/C12H13N.C12H14O.C11H13N.C9H13N.C8H12N2.C8H11NOS.C8H15N.C8H11N.C7H9ClN2.2C7H12N2/c1-9(2)11-7-10-5-3-4-6-12(10)13-8-11;1-8(2)9-3-4-10-6-12(13)7-11(10)5-9;1-8(2)9-3-4-10-6-12-7-11(10)5-9;1-7(2)9-5-4-8(3)10-6-9;1-6(2)7-3-4-8(9)10-5-7;1-5(2)6-3-4-7(11-6)8(9)10;1-7(2)8-4-5-9(3)6-8;1-7(2)8-5-3-4-6-9-8;1-5(2)7-9-3-6(8)4-10-7;1-6(2)7-4-8-9(3)5-7;1-6(2)7-4-5-8-9(7)3/h3-9H,1-2H3;3-5,8H,6-7H2,1-2H3;3-5,7-8H,6H2,1-2H3;4-7H,1-3H3;3-6H,1-2H3,(H2,9,10);3-5H,1-2H3,(H2,9,10);4,7H,5-6H2,1-3H3;3-7H,1-2H3;3-5H,1-2H3;2*4-6H,1-3H3. The summed E-state index contributed by atoms with van der Waals surface area (Å²) in [6, 6.07) is 43.3. The quantitative estimate of drug-likeness (QED) is 0.109. The van der Waals surface area contributed by atoms with Crippen LogP contribution < -0.4 is 11.5 Å². The maximum absolute atomic E-state index is 11.2. The van der Waals surface area contributed by atoms with Crippen molar-refractivity contribution < 1.29 is 9.59 Å². The number of ketones is 1. The molecule has 16 nitrogen and oxygen atoms in total. The van der Waals surface area contributed by atoms with Gasteiger partial charge in [-0.25, -0.2) is 15.0 Å². The number of nitrogens with zero attached hydrogens (tertiary/aromatic N) is 12. The Morgan fingerprint density at radius 2 is 1.06 bits per heavy atom. The first kappa shape index (κ1) is 97.7. The zero-order valence-corrected chi connectivity index (χ0v) is 75.6. The lowest BCUT2D eigenvalue weighted by Crippen LogP contribution is -2.14. The molecule has 3 aromatic carbocycles. The van der Waals surface area contributed by atoms with E-state index < -0.39 is 0 Å². The van der Waals surface area contributed by atoms with Gasteiger partial charge in [0, 0.05) is 129 Å². The summed E-state index contributed by atoms with van der Waals surface area (Å²) in [5.74, 6) is 7.62. The largest absolute Gasteiger partial charge is 0.384 e. The number of thiophene rings is 1. The number of primary amides is 1. The van der Waals surface area contributed by atoms with Gasteiger partial charge in [-0.05, 0) is 189 Å². The highest BCUT2D eigenvalue weighted by Crippen LogP contribution is 2.27. The van der Waals surface area contributed by atoms with E-state index in [1.54, 1.807) is 24.0 Å². The van der Waals surface area contributed by atoms with Crippen molar-refractivity contribution in [3.63, 3.8) is 0 Å². The molecule has 10 heterocycles. The summed E-state index contributed by atoms with van der Waals surface area (Å²) in [4.78, 5) is 55.1. The molecule has 0 fully saturated rings. The van der Waals surface area contributed by atoms with E-state index in [-0.39, 0.29) is 5.91 Å². The predicted octanol–water partition coefficient (Wildman–Crippen LogP) is 23.9. The number of carbonyl (C=O) groups is 2. The van der Waals surface area contributed by atoms with Gasteiger partial charge in [0.05, 0.1) is 28.2 Å². The SMILES string of the molecule is CC(C)C1=CCN(C)C1.CC(C)c1ccc(C(N)=O)s1.CC(C)c1ccc(N)nc1.CC(C)c1ccc2c(c1)C=NC2.CC(C)c1ccc2c(c1)CC(=O)C2.CC(C)c1ccccn1.CC(C)c1ccnn1C.CC(C)c1cnc2ccccc2c1.CC(C)c1cnn(C)c1.CC(C)c1ncc(Cl)cn1.Cc1ccc(C(C)C)cn1. The Balaban J connectivity index is 0.000000267. The zero-order chi connectivity index (χ0) is 85.6. The number of halogens is 1. The summed E-state index contributed by atoms with van der Waals surface area (Å²) in [7, 11) is 6.06. The van der Waals surface area contributed by atoms with Crippen LogP contribution in [0.3, 0.4) is 0 Å². The molecule has 18 heteroatoms. The van der Waals surface area contributed by atoms with Gasteiger partial charge in [0.2, 0.25) is 0 Å². The van der Waals surface area contributed by atoms with Crippen LogP contribution in [0.25, 0.3) is 10.9 Å². The van der Waals surface area contributed by atoms with Crippen molar-refractivity contribution in [2.75, 3.05) is 25.9 Å². The Kier molecular flexibility index (Phi) is 43.0. The number of carbonyl (C=O) groups excluding carboxylic acids is 2. The molecule has 0 spiro atoms. The number of aryl methyl sites for hydroxylation is 3. The van der Waals surface area contributed by atoms with Crippen molar-refractivity contribution in [2.45, 2.75) is 238 Å². The topological polar surface area (TPSA) is 215 Å². The second kappa shape index (κ2) is 50.6. The van der Waals surface area contributed by atoms with Gasteiger partial charge in [0.15, 0.2) is 0 Å². The number of Topliss-reactive ketones (excluding diaryl/α,β-unsaturated/α-hetero) is 1. The number of likely N-dealkylation sites (N-methyl/N-ethyl adjacent to an activating group) is 1. The van der Waals surface area contributed by atoms with Crippen molar-refractivity contribution in [3.05, 3.63) is 288 Å². The van der Waals surface area contributed by atoms with Gasteiger partial charge in [0.1, 0.15) is 17.4 Å². The summed E-state index contributed by atoms with van der Waals surface area (Å²) >= 11 is 7.07. The summed E-state index contributed by atoms with van der Waals surface area (Å²) in [5, 5.41) is 9.93. The zero-order valence-electron chi connectivity index (χ0n) is 74.0. The first-order chi connectivity index (χ1) is 54.3. The van der Waals surface area contributed by atoms with Crippen molar-refractivity contribution in [1.82, 2.24) is 54.4 Å². The molecule has 0 saturated carbocycles. The number of hydrogen-bond acceptors (Lipinski definition) is 14. The highest BCUT2D eigenvalue weighted by Gasteiger charge is 2.19. The van der Waals surface area contributed by atoms with Crippen LogP contribution in [0.15, 0.2) is 200 Å². The van der Waals surface area contributed by atoms with E-state index in [0.29, 0.717) is 93.5 Å². The van der Waals surface area contributed by atoms with Crippen LogP contribution in [0.2, 0.25) is 5.02 Å². The predicted molar refractivity (Wildman–Crippen MR) is 488 cm³/mol. The van der Waals surface area contributed by atoms with E-state index in [0.717, 1.165) is 41.7 Å². The van der Waals surface area contributed by atoms with Crippen LogP contribution in [0.4, 0.5) is 5.82 Å². The number of hydrogen-bond donors (Lipinski definition) is 2. The van der Waals surface area contributed by atoms with E-state index in [4.69, 9.17) is 23.1 Å². The molecule has 8 aromatic heterocycles. The molecule has 0 atom stereocenters. The van der Waals surface area contributed by atoms with E-state index in [2.05, 4.69) is 262 Å². The third kappa shape index (κ3) is 36.4. The van der Waals surface area contributed by atoms with Crippen LogP contribution >= 0.6 is 22.9 Å². The lowest BCUT2D eigenvalue weighted by atomic mass is 9.99. The fourth-order valence-electron chi connectivity index (χ4n) is 11.2. The normalized spacial score (nSPS) is 12.2. The maximum atomic E-state index is 11.2. The number of amides is 1. The first-order valence-electron chi connectivity index (χ1n) is 40.7. The van der Waals surface area contributed by atoms with Crippen LogP contribution in [0, 0.1) is 12.8 Å². The van der Waals surface area contributed by atoms with Gasteiger partial charge in [-0.1, -0.05) is 242 Å². The second-order valence-corrected chi connectivity index (χ2v) is 34.2. The summed E-state index contributed by atoms with van der Waals surface area (Å²) in [6.45, 7) is 52.7. The van der Waals surface area contributed by atoms with Gasteiger partial charge in [-0.15, -0.1) is 11.3 Å². The number of rotatable bonds is 12. The summed E-state index contributed by atoms with van der Waals surface area (Å²) in [5.41, 5.74) is 29.8. The minimum atomic E-state index is -0.332. The van der Waals surface area contributed by atoms with Crippen molar-refractivity contribution in [3.8, 4) is 0 Å². The van der Waals surface area contributed by atoms with E-state index >= 15 is 0 Å². The molecule has 0 saturated heterocycles. The van der Waals surface area contributed by atoms with E-state index in [1.807, 2.05) is 154 Å². The van der Waals surface area contributed by atoms with Crippen LogP contribution in [-0.4, -0.2) is 92.4 Å². The lowest BCUT2D eigenvalue weighted by molar-refractivity contribution is -0.117. The van der Waals surface area contributed by atoms with E-state index in [1.165, 1.54) is 89.5 Å². The minimum absolute atomic E-state index is 0.332. The average Bonchev–Trinajstić information content (AvgIpc) is 1.77. The van der Waals surface area contributed by atoms with Gasteiger partial charge in [0.25, 0.3) is 5.91 Å². The monoisotopic (exact) mass is 1600 g/mol. The number of fused-ring (bicyclic) bond motifs is 3. The molecule has 0 bridgehead atoms. The first-order valence-corrected chi connectivity index (χ1v) is 41.9. The molecular formula is C97H135ClN14O2S. The minimum Gasteiger partial charge on any atom is -0.384 e. The molecule has 3 aliphatic rings. The van der Waals surface area contributed by atoms with E-state index in [9.17, 15) is 9.59 Å². The van der Waals surface area contributed by atoms with Gasteiger partial charge in [-0.3, -0.25) is 43.8 Å². The second-order valence-electron chi connectivity index (χ2n) is 32.6. The van der Waals surface area contributed by atoms with Crippen molar-refractivity contribution in [1.29, 1.82) is 0 Å². The fraction of sp³-hybridized carbons (Fsp3) is 0.433. The molecule has 2 aliphatic heterocycles. The Hall–Kier alpha value is -9.68. The molecule has 618 valence electrons. The van der Waals surface area contributed by atoms with Crippen LogP contribution in [0.5, 0.6) is 0 Å². The number of nitrogen functional groups attached to an aromatic ring is 1. The van der Waals surface area contributed by atoms with Gasteiger partial charge < -0.3 is 11.5 Å². The smallest absolute Gasteiger partial charge is 0.258 e. The molecule has 11 aromatic rings. The number of nitrogens with two attached hydrogens (primary N) is 2. The third-order valence-corrected chi connectivity index (χ3v) is 20.5. The van der Waals surface area contributed by atoms with Crippen LogP contribution in [-0.2, 0) is 38.3 Å². The Labute approximate surface area is 699 Å². The summed E-state index contributed by atoms with van der Waals surface area (Å²) in [6.07, 6.45) is 22.2. The summed E-state index contributed by atoms with van der Waals surface area (Å²) < 4.78 is 3.74. The van der Waals surface area contributed by atoms with Gasteiger partial charge in [-0.2, -0.15) is 10.2 Å².